The fourth-order valence-electron chi connectivity index (χ4n) is 2.22. The lowest BCUT2D eigenvalue weighted by Crippen LogP contribution is -2.13. The smallest absolute Gasteiger partial charge is 0.248 e. The number of nitrogens with zero attached hydrogens (tertiary/aromatic N) is 2. The van der Waals surface area contributed by atoms with E-state index in [1.54, 1.807) is 6.92 Å². The van der Waals surface area contributed by atoms with E-state index >= 15 is 0 Å². The van der Waals surface area contributed by atoms with Crippen LogP contribution in [0.25, 0.3) is 0 Å². The number of carbonyl (C=O) groups excluding carboxylic acids is 1. The molecule has 2 N–H and O–H groups in total. The van der Waals surface area contributed by atoms with Crippen molar-refractivity contribution < 1.29 is 4.79 Å². The highest BCUT2D eigenvalue weighted by Gasteiger charge is 2.16. The molecule has 1 aromatic rings. The third kappa shape index (κ3) is 3.05. The van der Waals surface area contributed by atoms with E-state index in [1.807, 2.05) is 0 Å². The van der Waals surface area contributed by atoms with Crippen LogP contribution in [0, 0.1) is 12.8 Å². The maximum Gasteiger partial charge on any atom is 0.248 e. The number of hydrogen-bond donors (Lipinski definition) is 2. The Kier molecular flexibility index (Phi) is 3.54. The van der Waals surface area contributed by atoms with Crippen molar-refractivity contribution in [3.8, 4) is 0 Å². The Labute approximate surface area is 95.0 Å². The van der Waals surface area contributed by atoms with Crippen LogP contribution in [0.15, 0.2) is 0 Å². The number of carbonyl (C=O) groups is 1. The highest BCUT2D eigenvalue weighted by molar-refractivity contribution is 5.88. The van der Waals surface area contributed by atoms with Crippen LogP contribution in [0.3, 0.4) is 0 Å². The quantitative estimate of drug-likeness (QED) is 0.818. The fraction of sp³-hybridized carbons (Fsp3) is 0.727. The molecule has 0 bridgehead atoms. The minimum atomic E-state index is 0.0194. The van der Waals surface area contributed by atoms with Gasteiger partial charge in [-0.1, -0.05) is 25.7 Å². The number of aryl methyl sites for hydroxylation is 1. The second-order valence-electron chi connectivity index (χ2n) is 4.48. The van der Waals surface area contributed by atoms with Gasteiger partial charge in [-0.2, -0.15) is 4.98 Å². The molecule has 5 nitrogen and oxygen atoms in total. The summed E-state index contributed by atoms with van der Waals surface area (Å²) in [6.45, 7) is 1.81. The Morgan fingerprint density at radius 2 is 2.25 bits per heavy atom. The van der Waals surface area contributed by atoms with Crippen LogP contribution < -0.4 is 5.32 Å². The summed E-state index contributed by atoms with van der Waals surface area (Å²) >= 11 is 0. The van der Waals surface area contributed by atoms with Crippen molar-refractivity contribution in [3.63, 3.8) is 0 Å². The van der Waals surface area contributed by atoms with Gasteiger partial charge in [0.25, 0.3) is 0 Å². The first-order valence-electron chi connectivity index (χ1n) is 5.93. The number of amides is 1. The highest BCUT2D eigenvalue weighted by atomic mass is 16.1. The van der Waals surface area contributed by atoms with Gasteiger partial charge in [0.05, 0.1) is 0 Å². The van der Waals surface area contributed by atoms with Crippen LogP contribution in [0.2, 0.25) is 0 Å². The van der Waals surface area contributed by atoms with Gasteiger partial charge >= 0.3 is 0 Å². The molecular formula is C11H18N4O. The first kappa shape index (κ1) is 11.1. The van der Waals surface area contributed by atoms with Crippen LogP contribution in [-0.4, -0.2) is 21.1 Å². The predicted octanol–water partition coefficient (Wildman–Crippen LogP) is 2.02. The molecule has 0 unspecified atom stereocenters. The molecule has 0 spiro atoms. The van der Waals surface area contributed by atoms with E-state index in [9.17, 15) is 4.79 Å². The normalized spacial score (nSPS) is 16.6. The minimum Gasteiger partial charge on any atom is -0.293 e. The van der Waals surface area contributed by atoms with E-state index in [4.69, 9.17) is 0 Å². The maximum atomic E-state index is 11.6. The lowest BCUT2D eigenvalue weighted by molar-refractivity contribution is -0.116. The molecule has 16 heavy (non-hydrogen) atoms. The highest BCUT2D eigenvalue weighted by Crippen LogP contribution is 2.28. The molecule has 0 aromatic carbocycles. The zero-order chi connectivity index (χ0) is 11.4. The molecule has 5 heteroatoms. The summed E-state index contributed by atoms with van der Waals surface area (Å²) in [7, 11) is 0. The van der Waals surface area contributed by atoms with Gasteiger partial charge in [0, 0.05) is 6.42 Å². The van der Waals surface area contributed by atoms with E-state index < -0.39 is 0 Å². The molecule has 2 rings (SSSR count). The average molecular weight is 222 g/mol. The molecule has 0 aliphatic heterocycles. The van der Waals surface area contributed by atoms with E-state index in [0.717, 1.165) is 12.3 Å². The Bertz CT molecular complexity index is 355. The first-order valence-corrected chi connectivity index (χ1v) is 5.93. The van der Waals surface area contributed by atoms with Gasteiger partial charge in [-0.25, -0.2) is 0 Å². The minimum absolute atomic E-state index is 0.0194. The zero-order valence-corrected chi connectivity index (χ0v) is 9.62. The number of anilines is 1. The maximum absolute atomic E-state index is 11.6. The number of H-pyrrole nitrogens is 1. The summed E-state index contributed by atoms with van der Waals surface area (Å²) in [5, 5.41) is 9.26. The second-order valence-corrected chi connectivity index (χ2v) is 4.48. The van der Waals surface area contributed by atoms with E-state index in [1.165, 1.54) is 25.7 Å². The first-order chi connectivity index (χ1) is 7.74. The Morgan fingerprint density at radius 3 is 2.88 bits per heavy atom. The van der Waals surface area contributed by atoms with Crippen LogP contribution in [0.5, 0.6) is 0 Å². The van der Waals surface area contributed by atoms with Gasteiger partial charge in [-0.05, 0) is 19.3 Å². The third-order valence-corrected chi connectivity index (χ3v) is 3.10. The SMILES string of the molecule is Cc1nc(NC(=O)CCC2CCCC2)n[nH]1. The Balaban J connectivity index is 1.71. The molecule has 1 aliphatic rings. The summed E-state index contributed by atoms with van der Waals surface area (Å²) in [5.41, 5.74) is 0. The molecule has 0 saturated heterocycles. The number of aromatic nitrogens is 3. The topological polar surface area (TPSA) is 70.7 Å². The third-order valence-electron chi connectivity index (χ3n) is 3.10. The molecule has 0 radical (unpaired) electrons. The lowest BCUT2D eigenvalue weighted by atomic mass is 10.0. The molecular weight excluding hydrogens is 204 g/mol. The van der Waals surface area contributed by atoms with Crippen LogP contribution in [0.1, 0.15) is 44.3 Å². The van der Waals surface area contributed by atoms with Crippen molar-refractivity contribution in [2.45, 2.75) is 45.4 Å². The van der Waals surface area contributed by atoms with E-state index in [-0.39, 0.29) is 5.91 Å². The van der Waals surface area contributed by atoms with Crippen molar-refractivity contribution >= 4 is 11.9 Å². The van der Waals surface area contributed by atoms with Crippen molar-refractivity contribution in [1.29, 1.82) is 0 Å². The summed E-state index contributed by atoms with van der Waals surface area (Å²) < 4.78 is 0. The molecule has 1 aromatic heterocycles. The number of hydrogen-bond acceptors (Lipinski definition) is 3. The van der Waals surface area contributed by atoms with Crippen molar-refractivity contribution in [2.75, 3.05) is 5.32 Å². The molecule has 1 amide bonds. The lowest BCUT2D eigenvalue weighted by Gasteiger charge is -2.07. The van der Waals surface area contributed by atoms with Gasteiger partial charge in [0.1, 0.15) is 5.82 Å². The van der Waals surface area contributed by atoms with Crippen molar-refractivity contribution in [2.24, 2.45) is 5.92 Å². The van der Waals surface area contributed by atoms with E-state index in [0.29, 0.717) is 18.2 Å². The molecule has 88 valence electrons. The van der Waals surface area contributed by atoms with Gasteiger partial charge in [0.2, 0.25) is 11.9 Å². The summed E-state index contributed by atoms with van der Waals surface area (Å²) in [6.07, 6.45) is 6.80. The van der Waals surface area contributed by atoms with Crippen LogP contribution in [0.4, 0.5) is 5.95 Å². The van der Waals surface area contributed by atoms with Gasteiger partial charge in [0.15, 0.2) is 0 Å². The molecule has 1 aliphatic carbocycles. The standard InChI is InChI=1S/C11H18N4O/c1-8-12-11(15-14-8)13-10(16)7-6-9-4-2-3-5-9/h9H,2-7H2,1H3,(H2,12,13,14,15,16). The fourth-order valence-corrected chi connectivity index (χ4v) is 2.22. The average Bonchev–Trinajstić information content (AvgIpc) is 2.87. The summed E-state index contributed by atoms with van der Waals surface area (Å²) in [6, 6.07) is 0. The Morgan fingerprint density at radius 1 is 1.50 bits per heavy atom. The number of rotatable bonds is 4. The van der Waals surface area contributed by atoms with Gasteiger partial charge < -0.3 is 0 Å². The largest absolute Gasteiger partial charge is 0.293 e. The molecule has 1 saturated carbocycles. The van der Waals surface area contributed by atoms with Gasteiger partial charge in [-0.3, -0.25) is 15.2 Å². The second kappa shape index (κ2) is 5.09. The van der Waals surface area contributed by atoms with Crippen molar-refractivity contribution in [3.05, 3.63) is 5.82 Å². The zero-order valence-electron chi connectivity index (χ0n) is 9.62. The van der Waals surface area contributed by atoms with Crippen LogP contribution >= 0.6 is 0 Å². The predicted molar refractivity (Wildman–Crippen MR) is 60.9 cm³/mol. The molecule has 0 atom stereocenters. The summed E-state index contributed by atoms with van der Waals surface area (Å²) in [5.74, 6) is 1.87. The monoisotopic (exact) mass is 222 g/mol. The van der Waals surface area contributed by atoms with Crippen LogP contribution in [-0.2, 0) is 4.79 Å². The Hall–Kier alpha value is -1.39. The molecule has 1 fully saturated rings. The van der Waals surface area contributed by atoms with Crippen molar-refractivity contribution in [1.82, 2.24) is 15.2 Å². The van der Waals surface area contributed by atoms with E-state index in [2.05, 4.69) is 20.5 Å². The van der Waals surface area contributed by atoms with Gasteiger partial charge in [-0.15, -0.1) is 5.10 Å². The molecule has 1 heterocycles. The number of aromatic amines is 1. The number of nitrogens with one attached hydrogen (secondary N) is 2. The summed E-state index contributed by atoms with van der Waals surface area (Å²) in [4.78, 5) is 15.6.